The zero-order valence-corrected chi connectivity index (χ0v) is 35.7. The lowest BCUT2D eigenvalue weighted by molar-refractivity contribution is -0.144. The maximum Gasteiger partial charge on any atom is 0.290 e. The van der Waals surface area contributed by atoms with Crippen LogP contribution in [-0.2, 0) is 57.6 Å². The van der Waals surface area contributed by atoms with Gasteiger partial charge < -0.3 is 40.5 Å². The summed E-state index contributed by atoms with van der Waals surface area (Å²) in [4.78, 5) is 98.7. The fourth-order valence-electron chi connectivity index (χ4n) is 9.18. The highest BCUT2D eigenvalue weighted by Crippen LogP contribution is 2.31. The Balaban J connectivity index is 1.12. The average molecular weight is 843 g/mol. The lowest BCUT2D eigenvalue weighted by Gasteiger charge is -2.35. The van der Waals surface area contributed by atoms with E-state index >= 15 is 0 Å². The Morgan fingerprint density at radius 1 is 0.902 bits per heavy atom. The molecule has 0 radical (unpaired) electrons. The van der Waals surface area contributed by atoms with Gasteiger partial charge in [-0.3, -0.25) is 33.6 Å². The fourth-order valence-corrected chi connectivity index (χ4v) is 9.18. The third-order valence-electron chi connectivity index (χ3n) is 12.4. The summed E-state index contributed by atoms with van der Waals surface area (Å²) in [6, 6.07) is 11.3. The van der Waals surface area contributed by atoms with Crippen LogP contribution in [0, 0.1) is 11.8 Å². The summed E-state index contributed by atoms with van der Waals surface area (Å²) in [7, 11) is 3.23. The molecule has 2 aliphatic carbocycles. The molecule has 5 atom stereocenters. The van der Waals surface area contributed by atoms with Gasteiger partial charge in [0, 0.05) is 33.7 Å². The Bertz CT molecular complexity index is 1890. The molecule has 2 aromatic rings. The van der Waals surface area contributed by atoms with E-state index in [2.05, 4.69) is 21.3 Å². The largest absolute Gasteiger partial charge is 0.494 e. The molecule has 2 aromatic carbocycles. The van der Waals surface area contributed by atoms with Crippen LogP contribution in [0.15, 0.2) is 48.5 Å². The summed E-state index contributed by atoms with van der Waals surface area (Å²) in [6.07, 6.45) is 7.36. The molecule has 1 saturated heterocycles. The van der Waals surface area contributed by atoms with E-state index in [1.54, 1.807) is 14.1 Å². The van der Waals surface area contributed by atoms with Gasteiger partial charge in [0.2, 0.25) is 35.3 Å². The molecular weight excluding hydrogens is 781 g/mol. The van der Waals surface area contributed by atoms with Crippen LogP contribution < -0.4 is 26.0 Å². The van der Waals surface area contributed by atoms with Crippen LogP contribution in [0.3, 0.4) is 0 Å². The number of nitrogens with one attached hydrogen (secondary N) is 4. The van der Waals surface area contributed by atoms with Gasteiger partial charge in [0.25, 0.3) is 5.91 Å². The van der Waals surface area contributed by atoms with E-state index in [-0.39, 0.29) is 55.4 Å². The van der Waals surface area contributed by atoms with Crippen molar-refractivity contribution in [1.82, 2.24) is 31.1 Å². The Morgan fingerprint density at radius 3 is 2.33 bits per heavy atom. The standard InChI is InChI=1S/C46H62N6O9/c1-4-13-36(42(55)44(57)47-27-39(54)50-41(45(58)51(2)3)33-24-31-17-8-9-18-32(31)25-33)48-43(56)37-26-35-28-52(37)46(59)40(30-15-6-5-7-16-30)49-38(53)23-29-14-12-19-34(22-29)60-20-10-11-21-61-35/h8-9,12,14,17-19,22,30,33,35-37,40-41H,4-7,10-11,13,15-16,20-21,23-28H2,1-3H3,(H,47,57)(H,48,56)(H,49,53)(H,50,54)/t35-,36+,37?,40-,41+/m1/s1. The molecule has 15 nitrogen and oxygen atoms in total. The van der Waals surface area contributed by atoms with Gasteiger partial charge in [0.05, 0.1) is 31.7 Å². The van der Waals surface area contributed by atoms with E-state index in [4.69, 9.17) is 9.47 Å². The number of ether oxygens (including phenoxy) is 2. The van der Waals surface area contributed by atoms with Crippen LogP contribution in [0.25, 0.3) is 0 Å². The SMILES string of the molecule is CCC[C@H](NC(=O)C1C[C@@H]2CN1C(=O)[C@@H](C1CCCCC1)NC(=O)Cc1cccc(c1)OCCCCO2)C(=O)C(=O)NCC(=O)N[C@H](C(=O)N(C)C)C1Cc2ccccc2C1. The monoisotopic (exact) mass is 842 g/mol. The van der Waals surface area contributed by atoms with Crippen molar-refractivity contribution >= 4 is 41.2 Å². The summed E-state index contributed by atoms with van der Waals surface area (Å²) in [5.74, 6) is -3.80. The third-order valence-corrected chi connectivity index (χ3v) is 12.4. The molecule has 2 aliphatic heterocycles. The van der Waals surface area contributed by atoms with E-state index in [9.17, 15) is 33.6 Å². The van der Waals surface area contributed by atoms with Crippen LogP contribution >= 0.6 is 0 Å². The van der Waals surface area contributed by atoms with Crippen LogP contribution in [-0.4, -0.2) is 122 Å². The maximum atomic E-state index is 14.6. The molecule has 6 rings (SSSR count). The Morgan fingerprint density at radius 2 is 1.62 bits per heavy atom. The molecule has 4 bridgehead atoms. The van der Waals surface area contributed by atoms with Crippen LogP contribution in [0.2, 0.25) is 0 Å². The van der Waals surface area contributed by atoms with Crippen LogP contribution in [0.4, 0.5) is 0 Å². The van der Waals surface area contributed by atoms with E-state index < -0.39 is 60.3 Å². The number of benzene rings is 2. The van der Waals surface area contributed by atoms with Crippen molar-refractivity contribution in [2.24, 2.45) is 11.8 Å². The Hall–Kier alpha value is -5.31. The topological polar surface area (TPSA) is 193 Å². The van der Waals surface area contributed by atoms with Crippen molar-refractivity contribution in [2.45, 2.75) is 121 Å². The van der Waals surface area contributed by atoms with E-state index in [1.807, 2.05) is 55.5 Å². The van der Waals surface area contributed by atoms with Crippen molar-refractivity contribution in [3.63, 3.8) is 0 Å². The summed E-state index contributed by atoms with van der Waals surface area (Å²) < 4.78 is 12.2. The second-order valence-corrected chi connectivity index (χ2v) is 17.2. The number of amides is 6. The molecule has 0 spiro atoms. The van der Waals surface area contributed by atoms with Gasteiger partial charge in [0.15, 0.2) is 0 Å². The lowest BCUT2D eigenvalue weighted by atomic mass is 9.83. The molecule has 0 aromatic heterocycles. The first-order chi connectivity index (χ1) is 29.4. The number of fused-ring (bicyclic) bond motifs is 5. The minimum atomic E-state index is -1.23. The predicted octanol–water partition coefficient (Wildman–Crippen LogP) is 2.41. The van der Waals surface area contributed by atoms with Gasteiger partial charge in [-0.25, -0.2) is 0 Å². The Kier molecular flexibility index (Phi) is 15.9. The highest BCUT2D eigenvalue weighted by Gasteiger charge is 2.45. The fraction of sp³-hybridized carbons (Fsp3) is 0.587. The van der Waals surface area contributed by atoms with Gasteiger partial charge >= 0.3 is 0 Å². The second kappa shape index (κ2) is 21.5. The maximum absolute atomic E-state index is 14.6. The first-order valence-electron chi connectivity index (χ1n) is 22.0. The molecule has 1 unspecified atom stereocenters. The van der Waals surface area contributed by atoms with Gasteiger partial charge in [-0.15, -0.1) is 0 Å². The van der Waals surface area contributed by atoms with Gasteiger partial charge in [0.1, 0.15) is 23.9 Å². The summed E-state index contributed by atoms with van der Waals surface area (Å²) in [5, 5.41) is 11.0. The Labute approximate surface area is 358 Å². The minimum Gasteiger partial charge on any atom is -0.494 e. The zero-order valence-electron chi connectivity index (χ0n) is 35.7. The number of ketones is 1. The van der Waals surface area contributed by atoms with E-state index in [1.165, 1.54) is 9.80 Å². The van der Waals surface area contributed by atoms with Crippen LogP contribution in [0.1, 0.15) is 87.8 Å². The molecule has 6 amide bonds. The van der Waals surface area contributed by atoms with Crippen molar-refractivity contribution in [2.75, 3.05) is 40.4 Å². The minimum absolute atomic E-state index is 0.0536. The highest BCUT2D eigenvalue weighted by molar-refractivity contribution is 6.38. The molecule has 2 fully saturated rings. The number of rotatable bonds is 12. The second-order valence-electron chi connectivity index (χ2n) is 17.2. The summed E-state index contributed by atoms with van der Waals surface area (Å²) >= 11 is 0. The molecule has 61 heavy (non-hydrogen) atoms. The van der Waals surface area contributed by atoms with E-state index in [0.29, 0.717) is 51.1 Å². The predicted molar refractivity (Wildman–Crippen MR) is 226 cm³/mol. The molecule has 2 heterocycles. The molecule has 15 heteroatoms. The number of carbonyl (C=O) groups is 7. The van der Waals surface area contributed by atoms with Gasteiger partial charge in [-0.1, -0.05) is 69.0 Å². The van der Waals surface area contributed by atoms with Crippen molar-refractivity contribution < 1.29 is 43.0 Å². The van der Waals surface area contributed by atoms with Crippen LogP contribution in [0.5, 0.6) is 5.75 Å². The van der Waals surface area contributed by atoms with Gasteiger partial charge in [-0.05, 0) is 85.6 Å². The number of hydrogen-bond acceptors (Lipinski definition) is 9. The number of hydrogen-bond donors (Lipinski definition) is 4. The zero-order chi connectivity index (χ0) is 43.5. The average Bonchev–Trinajstić information content (AvgIpc) is 3.89. The lowest BCUT2D eigenvalue weighted by Crippen LogP contribution is -2.58. The number of carbonyl (C=O) groups excluding carboxylic acids is 7. The molecule has 330 valence electrons. The van der Waals surface area contributed by atoms with Gasteiger partial charge in [-0.2, -0.15) is 0 Å². The first kappa shape index (κ1) is 45.2. The van der Waals surface area contributed by atoms with Crippen molar-refractivity contribution in [3.8, 4) is 5.75 Å². The normalized spacial score (nSPS) is 22.4. The third kappa shape index (κ3) is 12.0. The molecule has 4 aliphatic rings. The number of Topliss-reactive ketones (excluding diaryl/α,β-unsaturated/α-hetero) is 1. The van der Waals surface area contributed by atoms with E-state index in [0.717, 1.165) is 48.8 Å². The van der Waals surface area contributed by atoms with Crippen molar-refractivity contribution in [3.05, 3.63) is 65.2 Å². The number of likely N-dealkylation sites (N-methyl/N-ethyl adjacent to an activating group) is 1. The molecule has 1 saturated carbocycles. The smallest absolute Gasteiger partial charge is 0.290 e. The summed E-state index contributed by atoms with van der Waals surface area (Å²) in [6.45, 7) is 2.23. The molecular formula is C46H62N6O9. The quantitative estimate of drug-likeness (QED) is 0.233. The summed E-state index contributed by atoms with van der Waals surface area (Å²) in [5.41, 5.74) is 2.99. The van der Waals surface area contributed by atoms with Crippen molar-refractivity contribution in [1.29, 1.82) is 0 Å². The molecule has 4 N–H and O–H groups in total. The first-order valence-corrected chi connectivity index (χ1v) is 22.0. The number of nitrogens with zero attached hydrogens (tertiary/aromatic N) is 2. The highest BCUT2D eigenvalue weighted by atomic mass is 16.5.